The Morgan fingerprint density at radius 3 is 2.67 bits per heavy atom. The van der Waals surface area contributed by atoms with E-state index >= 15 is 0 Å². The van der Waals surface area contributed by atoms with E-state index in [1.165, 1.54) is 7.11 Å². The molecular formula is C11H21N5O2. The molecule has 0 amide bonds. The van der Waals surface area contributed by atoms with Gasteiger partial charge in [-0.2, -0.15) is 15.0 Å². The van der Waals surface area contributed by atoms with Crippen LogP contribution < -0.4 is 15.0 Å². The number of aromatic nitrogens is 3. The highest BCUT2D eigenvalue weighted by Crippen LogP contribution is 2.15. The molecule has 7 nitrogen and oxygen atoms in total. The summed E-state index contributed by atoms with van der Waals surface area (Å²) in [6, 6.07) is 0.187. The van der Waals surface area contributed by atoms with Crippen molar-refractivity contribution in [1.82, 2.24) is 15.0 Å². The zero-order chi connectivity index (χ0) is 13.5. The van der Waals surface area contributed by atoms with Crippen LogP contribution in [0, 0.1) is 0 Å². The Labute approximate surface area is 107 Å². The van der Waals surface area contributed by atoms with Gasteiger partial charge in [-0.05, 0) is 13.3 Å². The lowest BCUT2D eigenvalue weighted by molar-refractivity contribution is 0.269. The van der Waals surface area contributed by atoms with Crippen molar-refractivity contribution in [3.05, 3.63) is 0 Å². The van der Waals surface area contributed by atoms with Crippen LogP contribution in [-0.2, 0) is 0 Å². The molecule has 0 radical (unpaired) electrons. The molecule has 0 bridgehead atoms. The van der Waals surface area contributed by atoms with E-state index in [0.717, 1.165) is 13.0 Å². The fourth-order valence-electron chi connectivity index (χ4n) is 1.23. The van der Waals surface area contributed by atoms with Crippen LogP contribution in [0.4, 0.5) is 11.9 Å². The molecule has 0 aromatic carbocycles. The molecule has 0 aliphatic rings. The van der Waals surface area contributed by atoms with Crippen LogP contribution in [0.25, 0.3) is 0 Å². The zero-order valence-corrected chi connectivity index (χ0v) is 11.3. The molecule has 1 aromatic rings. The highest BCUT2D eigenvalue weighted by Gasteiger charge is 2.14. The molecule has 2 N–H and O–H groups in total. The monoisotopic (exact) mass is 255 g/mol. The Kier molecular flexibility index (Phi) is 5.57. The standard InChI is InChI=1S/C11H21N5O2/c1-5-6-12-9-13-10(15-11(14-9)18-4)16(3)8(2)7-17/h8,17H,5-7H2,1-4H3,(H,12,13,14,15). The second-order valence-corrected chi connectivity index (χ2v) is 4.01. The summed E-state index contributed by atoms with van der Waals surface area (Å²) < 4.78 is 5.05. The van der Waals surface area contributed by atoms with Crippen molar-refractivity contribution >= 4 is 11.9 Å². The maximum absolute atomic E-state index is 9.14. The summed E-state index contributed by atoms with van der Waals surface area (Å²) in [5, 5.41) is 12.2. The number of aliphatic hydroxyl groups is 1. The molecule has 1 atom stereocenters. The van der Waals surface area contributed by atoms with Crippen molar-refractivity contribution in [2.24, 2.45) is 0 Å². The van der Waals surface area contributed by atoms with Gasteiger partial charge in [0.1, 0.15) is 0 Å². The van der Waals surface area contributed by atoms with Gasteiger partial charge >= 0.3 is 6.01 Å². The van der Waals surface area contributed by atoms with Crippen LogP contribution in [0.15, 0.2) is 0 Å². The zero-order valence-electron chi connectivity index (χ0n) is 11.3. The van der Waals surface area contributed by atoms with Gasteiger partial charge in [0.25, 0.3) is 0 Å². The minimum Gasteiger partial charge on any atom is -0.467 e. The van der Waals surface area contributed by atoms with Gasteiger partial charge in [-0.3, -0.25) is 0 Å². The predicted octanol–water partition coefficient (Wildman–Crippen LogP) is 0.519. The number of ether oxygens (including phenoxy) is 1. The molecule has 0 aliphatic heterocycles. The number of nitrogens with one attached hydrogen (secondary N) is 1. The number of rotatable bonds is 7. The van der Waals surface area contributed by atoms with Crippen LogP contribution in [0.2, 0.25) is 0 Å². The Bertz CT molecular complexity index is 374. The Hall–Kier alpha value is -1.63. The first-order valence-corrected chi connectivity index (χ1v) is 6.00. The number of anilines is 2. The number of nitrogens with zero attached hydrogens (tertiary/aromatic N) is 4. The van der Waals surface area contributed by atoms with E-state index in [0.29, 0.717) is 11.9 Å². The Balaban J connectivity index is 2.95. The highest BCUT2D eigenvalue weighted by molar-refractivity contribution is 5.38. The van der Waals surface area contributed by atoms with Crippen LogP contribution in [-0.4, -0.2) is 53.4 Å². The van der Waals surface area contributed by atoms with Crippen molar-refractivity contribution in [1.29, 1.82) is 0 Å². The second kappa shape index (κ2) is 6.95. The number of methoxy groups -OCH3 is 1. The largest absolute Gasteiger partial charge is 0.467 e. The maximum atomic E-state index is 9.14. The van der Waals surface area contributed by atoms with E-state index in [9.17, 15) is 0 Å². The van der Waals surface area contributed by atoms with Gasteiger partial charge < -0.3 is 20.1 Å². The van der Waals surface area contributed by atoms with Gasteiger partial charge in [0.2, 0.25) is 11.9 Å². The summed E-state index contributed by atoms with van der Waals surface area (Å²) in [5.41, 5.74) is 0. The fourth-order valence-corrected chi connectivity index (χ4v) is 1.23. The minimum absolute atomic E-state index is 0.0300. The van der Waals surface area contributed by atoms with Crippen LogP contribution in [0.1, 0.15) is 20.3 Å². The van der Waals surface area contributed by atoms with E-state index in [1.807, 2.05) is 14.0 Å². The summed E-state index contributed by atoms with van der Waals surface area (Å²) in [6.45, 7) is 4.76. The molecule has 0 saturated heterocycles. The summed E-state index contributed by atoms with van der Waals surface area (Å²) >= 11 is 0. The topological polar surface area (TPSA) is 83.4 Å². The average molecular weight is 255 g/mol. The van der Waals surface area contributed by atoms with Gasteiger partial charge in [-0.15, -0.1) is 0 Å². The first-order valence-electron chi connectivity index (χ1n) is 6.00. The molecule has 7 heteroatoms. The lowest BCUT2D eigenvalue weighted by Crippen LogP contribution is -2.33. The molecule has 0 fully saturated rings. The second-order valence-electron chi connectivity index (χ2n) is 4.01. The molecule has 0 saturated carbocycles. The molecule has 0 spiro atoms. The van der Waals surface area contributed by atoms with Crippen molar-refractivity contribution in [2.45, 2.75) is 26.3 Å². The first-order chi connectivity index (χ1) is 8.62. The van der Waals surface area contributed by atoms with E-state index in [1.54, 1.807) is 4.90 Å². The summed E-state index contributed by atoms with van der Waals surface area (Å²) in [6.07, 6.45) is 0.978. The van der Waals surface area contributed by atoms with Gasteiger partial charge in [-0.1, -0.05) is 6.92 Å². The van der Waals surface area contributed by atoms with Crippen LogP contribution in [0.5, 0.6) is 6.01 Å². The third-order valence-electron chi connectivity index (χ3n) is 2.56. The molecule has 1 aromatic heterocycles. The number of likely N-dealkylation sites (N-methyl/N-ethyl adjacent to an activating group) is 1. The van der Waals surface area contributed by atoms with E-state index in [2.05, 4.69) is 27.2 Å². The first kappa shape index (κ1) is 14.4. The minimum atomic E-state index is -0.0730. The molecule has 0 aliphatic carbocycles. The predicted molar refractivity (Wildman–Crippen MR) is 70.1 cm³/mol. The fraction of sp³-hybridized carbons (Fsp3) is 0.727. The molecule has 1 rings (SSSR count). The molecule has 1 heterocycles. The third-order valence-corrected chi connectivity index (χ3v) is 2.56. The van der Waals surface area contributed by atoms with Gasteiger partial charge in [0.05, 0.1) is 19.8 Å². The van der Waals surface area contributed by atoms with Crippen LogP contribution >= 0.6 is 0 Å². The molecular weight excluding hydrogens is 234 g/mol. The summed E-state index contributed by atoms with van der Waals surface area (Å²) in [5.74, 6) is 0.956. The molecule has 1 unspecified atom stereocenters. The third kappa shape index (κ3) is 3.69. The van der Waals surface area contributed by atoms with Gasteiger partial charge in [-0.25, -0.2) is 0 Å². The summed E-state index contributed by atoms with van der Waals surface area (Å²) in [7, 11) is 3.33. The maximum Gasteiger partial charge on any atom is 0.322 e. The highest BCUT2D eigenvalue weighted by atomic mass is 16.5. The van der Waals surface area contributed by atoms with E-state index < -0.39 is 0 Å². The SMILES string of the molecule is CCCNc1nc(OC)nc(N(C)C(C)CO)n1. The van der Waals surface area contributed by atoms with E-state index in [4.69, 9.17) is 9.84 Å². The van der Waals surface area contributed by atoms with Crippen LogP contribution in [0.3, 0.4) is 0 Å². The van der Waals surface area contributed by atoms with E-state index in [-0.39, 0.29) is 18.7 Å². The van der Waals surface area contributed by atoms with Crippen molar-refractivity contribution < 1.29 is 9.84 Å². The number of hydrogen-bond acceptors (Lipinski definition) is 7. The molecule has 102 valence electrons. The normalized spacial score (nSPS) is 12.1. The average Bonchev–Trinajstić information content (AvgIpc) is 2.42. The number of aliphatic hydroxyl groups excluding tert-OH is 1. The quantitative estimate of drug-likeness (QED) is 0.734. The number of hydrogen-bond donors (Lipinski definition) is 2. The Morgan fingerprint density at radius 2 is 2.11 bits per heavy atom. The lowest BCUT2D eigenvalue weighted by atomic mass is 10.3. The Morgan fingerprint density at radius 1 is 1.39 bits per heavy atom. The molecule has 18 heavy (non-hydrogen) atoms. The lowest BCUT2D eigenvalue weighted by Gasteiger charge is -2.23. The smallest absolute Gasteiger partial charge is 0.322 e. The van der Waals surface area contributed by atoms with Crippen molar-refractivity contribution in [2.75, 3.05) is 37.5 Å². The van der Waals surface area contributed by atoms with Crippen molar-refractivity contribution in [3.8, 4) is 6.01 Å². The van der Waals surface area contributed by atoms with Gasteiger partial charge in [0, 0.05) is 13.6 Å². The summed E-state index contributed by atoms with van der Waals surface area (Å²) in [4.78, 5) is 14.3. The van der Waals surface area contributed by atoms with Crippen molar-refractivity contribution in [3.63, 3.8) is 0 Å². The van der Waals surface area contributed by atoms with Gasteiger partial charge in [0.15, 0.2) is 0 Å².